The van der Waals surface area contributed by atoms with Crippen LogP contribution in [0.4, 0.5) is 5.82 Å². The Labute approximate surface area is 107 Å². The van der Waals surface area contributed by atoms with Gasteiger partial charge in [-0.25, -0.2) is 0 Å². The third-order valence-corrected chi connectivity index (χ3v) is 2.51. The molecule has 1 rings (SSSR count). The standard InChI is InChI=1S/C12H19N3O3/c1-4-15(8-9(3)12(16)17)10-6-13-7-11(14-10)18-5-2/h6-7,9H,4-5,8H2,1-3H3,(H,16,17). The van der Waals surface area contributed by atoms with Crippen LogP contribution in [0.3, 0.4) is 0 Å². The van der Waals surface area contributed by atoms with E-state index >= 15 is 0 Å². The van der Waals surface area contributed by atoms with Crippen molar-refractivity contribution in [1.29, 1.82) is 0 Å². The Morgan fingerprint density at radius 3 is 2.78 bits per heavy atom. The van der Waals surface area contributed by atoms with E-state index in [4.69, 9.17) is 9.84 Å². The van der Waals surface area contributed by atoms with Crippen molar-refractivity contribution in [3.63, 3.8) is 0 Å². The zero-order chi connectivity index (χ0) is 13.5. The fourth-order valence-electron chi connectivity index (χ4n) is 1.50. The van der Waals surface area contributed by atoms with Gasteiger partial charge in [0.1, 0.15) is 0 Å². The molecule has 1 aromatic rings. The van der Waals surface area contributed by atoms with E-state index in [9.17, 15) is 4.79 Å². The number of anilines is 1. The monoisotopic (exact) mass is 253 g/mol. The number of aromatic nitrogens is 2. The Morgan fingerprint density at radius 2 is 2.22 bits per heavy atom. The molecule has 1 atom stereocenters. The second kappa shape index (κ2) is 6.78. The van der Waals surface area contributed by atoms with E-state index < -0.39 is 11.9 Å². The first-order valence-corrected chi connectivity index (χ1v) is 6.01. The molecule has 0 saturated heterocycles. The second-order valence-corrected chi connectivity index (χ2v) is 3.93. The highest BCUT2D eigenvalue weighted by atomic mass is 16.5. The van der Waals surface area contributed by atoms with Gasteiger partial charge in [-0.3, -0.25) is 9.78 Å². The maximum absolute atomic E-state index is 10.9. The Balaban J connectivity index is 2.81. The maximum atomic E-state index is 10.9. The van der Waals surface area contributed by atoms with Crippen molar-refractivity contribution in [2.75, 3.05) is 24.6 Å². The lowest BCUT2D eigenvalue weighted by Crippen LogP contribution is -2.32. The summed E-state index contributed by atoms with van der Waals surface area (Å²) >= 11 is 0. The van der Waals surface area contributed by atoms with Crippen LogP contribution in [0, 0.1) is 5.92 Å². The van der Waals surface area contributed by atoms with Crippen molar-refractivity contribution < 1.29 is 14.6 Å². The van der Waals surface area contributed by atoms with Crippen LogP contribution in [0.15, 0.2) is 12.4 Å². The third kappa shape index (κ3) is 3.87. The van der Waals surface area contributed by atoms with Crippen molar-refractivity contribution in [2.45, 2.75) is 20.8 Å². The molecule has 0 bridgehead atoms. The van der Waals surface area contributed by atoms with Gasteiger partial charge in [0, 0.05) is 13.1 Å². The molecule has 0 aliphatic carbocycles. The number of nitrogens with zero attached hydrogens (tertiary/aromatic N) is 3. The molecule has 6 heteroatoms. The van der Waals surface area contributed by atoms with Gasteiger partial charge in [-0.2, -0.15) is 4.98 Å². The SMILES string of the molecule is CCOc1cncc(N(CC)CC(C)C(=O)O)n1. The van der Waals surface area contributed by atoms with Gasteiger partial charge in [0.25, 0.3) is 0 Å². The van der Waals surface area contributed by atoms with Crippen molar-refractivity contribution in [1.82, 2.24) is 9.97 Å². The zero-order valence-corrected chi connectivity index (χ0v) is 11.0. The molecule has 0 aromatic carbocycles. The summed E-state index contributed by atoms with van der Waals surface area (Å²) in [7, 11) is 0. The zero-order valence-electron chi connectivity index (χ0n) is 11.0. The van der Waals surface area contributed by atoms with E-state index in [2.05, 4.69) is 9.97 Å². The molecule has 0 aliphatic heterocycles. The smallest absolute Gasteiger partial charge is 0.308 e. The van der Waals surface area contributed by atoms with Gasteiger partial charge in [0.05, 0.1) is 24.9 Å². The molecule has 1 aromatic heterocycles. The van der Waals surface area contributed by atoms with Crippen LogP contribution < -0.4 is 9.64 Å². The van der Waals surface area contributed by atoms with Crippen LogP contribution in [0.2, 0.25) is 0 Å². The molecule has 1 heterocycles. The van der Waals surface area contributed by atoms with Crippen LogP contribution in [0.25, 0.3) is 0 Å². The first-order valence-electron chi connectivity index (χ1n) is 6.01. The van der Waals surface area contributed by atoms with Gasteiger partial charge in [0.15, 0.2) is 5.82 Å². The molecule has 0 fully saturated rings. The molecular formula is C12H19N3O3. The minimum Gasteiger partial charge on any atom is -0.481 e. The van der Waals surface area contributed by atoms with Crippen LogP contribution in [-0.2, 0) is 4.79 Å². The van der Waals surface area contributed by atoms with Gasteiger partial charge in [-0.15, -0.1) is 0 Å². The number of aliphatic carboxylic acids is 1. The fraction of sp³-hybridized carbons (Fsp3) is 0.583. The molecule has 0 radical (unpaired) electrons. The van der Waals surface area contributed by atoms with E-state index in [0.29, 0.717) is 31.4 Å². The number of carbonyl (C=O) groups is 1. The molecule has 0 spiro atoms. The van der Waals surface area contributed by atoms with Gasteiger partial charge < -0.3 is 14.7 Å². The first-order chi connectivity index (χ1) is 8.58. The Hall–Kier alpha value is -1.85. The van der Waals surface area contributed by atoms with Crippen LogP contribution in [0.1, 0.15) is 20.8 Å². The van der Waals surface area contributed by atoms with E-state index in [1.807, 2.05) is 18.7 Å². The predicted molar refractivity (Wildman–Crippen MR) is 67.9 cm³/mol. The molecule has 6 nitrogen and oxygen atoms in total. The summed E-state index contributed by atoms with van der Waals surface area (Å²) in [5, 5.41) is 8.92. The number of carboxylic acid groups (broad SMARTS) is 1. The molecule has 18 heavy (non-hydrogen) atoms. The average molecular weight is 253 g/mol. The highest BCUT2D eigenvalue weighted by Gasteiger charge is 2.16. The lowest BCUT2D eigenvalue weighted by molar-refractivity contribution is -0.140. The lowest BCUT2D eigenvalue weighted by Gasteiger charge is -2.23. The summed E-state index contributed by atoms with van der Waals surface area (Å²) in [6.45, 7) is 7.08. The van der Waals surface area contributed by atoms with Crippen molar-refractivity contribution in [3.8, 4) is 5.88 Å². The van der Waals surface area contributed by atoms with Crippen molar-refractivity contribution in [2.24, 2.45) is 5.92 Å². The number of hydrogen-bond acceptors (Lipinski definition) is 5. The summed E-state index contributed by atoms with van der Waals surface area (Å²) in [5.74, 6) is -0.183. The first kappa shape index (κ1) is 14.2. The normalized spacial score (nSPS) is 11.9. The molecule has 0 amide bonds. The largest absolute Gasteiger partial charge is 0.481 e. The van der Waals surface area contributed by atoms with Gasteiger partial charge in [-0.1, -0.05) is 6.92 Å². The Kier molecular flexibility index (Phi) is 5.35. The average Bonchev–Trinajstić information content (AvgIpc) is 2.36. The van der Waals surface area contributed by atoms with Crippen LogP contribution in [0.5, 0.6) is 5.88 Å². The highest BCUT2D eigenvalue weighted by Crippen LogP contribution is 2.15. The predicted octanol–water partition coefficient (Wildman–Crippen LogP) is 1.42. The summed E-state index contributed by atoms with van der Waals surface area (Å²) in [5.41, 5.74) is 0. The van der Waals surface area contributed by atoms with Gasteiger partial charge in [0.2, 0.25) is 5.88 Å². The second-order valence-electron chi connectivity index (χ2n) is 3.93. The minimum absolute atomic E-state index is 0.399. The van der Waals surface area contributed by atoms with E-state index in [1.54, 1.807) is 19.3 Å². The summed E-state index contributed by atoms with van der Waals surface area (Å²) in [6.07, 6.45) is 3.15. The molecule has 100 valence electrons. The van der Waals surface area contributed by atoms with E-state index in [-0.39, 0.29) is 0 Å². The summed E-state index contributed by atoms with van der Waals surface area (Å²) < 4.78 is 5.28. The number of rotatable bonds is 7. The van der Waals surface area contributed by atoms with Gasteiger partial charge >= 0.3 is 5.97 Å². The van der Waals surface area contributed by atoms with Crippen molar-refractivity contribution in [3.05, 3.63) is 12.4 Å². The maximum Gasteiger partial charge on any atom is 0.308 e. The minimum atomic E-state index is -0.817. The molecular weight excluding hydrogens is 234 g/mol. The van der Waals surface area contributed by atoms with Gasteiger partial charge in [-0.05, 0) is 13.8 Å². The third-order valence-electron chi connectivity index (χ3n) is 2.51. The van der Waals surface area contributed by atoms with Crippen LogP contribution in [-0.4, -0.2) is 40.7 Å². The van der Waals surface area contributed by atoms with E-state index in [1.165, 1.54) is 0 Å². The molecule has 1 N–H and O–H groups in total. The molecule has 0 aliphatic rings. The summed E-state index contributed by atoms with van der Waals surface area (Å²) in [4.78, 5) is 21.1. The lowest BCUT2D eigenvalue weighted by atomic mass is 10.2. The highest BCUT2D eigenvalue weighted by molar-refractivity contribution is 5.70. The Bertz CT molecular complexity index is 398. The summed E-state index contributed by atoms with van der Waals surface area (Å²) in [6, 6.07) is 0. The molecule has 0 saturated carbocycles. The fourth-order valence-corrected chi connectivity index (χ4v) is 1.50. The molecule has 1 unspecified atom stereocenters. The quantitative estimate of drug-likeness (QED) is 0.792. The van der Waals surface area contributed by atoms with Crippen LogP contribution >= 0.6 is 0 Å². The number of carboxylic acids is 1. The number of hydrogen-bond donors (Lipinski definition) is 1. The van der Waals surface area contributed by atoms with E-state index in [0.717, 1.165) is 0 Å². The topological polar surface area (TPSA) is 75.5 Å². The number of ether oxygens (including phenoxy) is 1. The Morgan fingerprint density at radius 1 is 1.50 bits per heavy atom. The van der Waals surface area contributed by atoms with Crippen molar-refractivity contribution >= 4 is 11.8 Å².